The Morgan fingerprint density at radius 1 is 1.25 bits per heavy atom. The summed E-state index contributed by atoms with van der Waals surface area (Å²) in [5, 5.41) is 9.01. The summed E-state index contributed by atoms with van der Waals surface area (Å²) in [6.07, 6.45) is 3.19. The van der Waals surface area contributed by atoms with Crippen molar-refractivity contribution >= 4 is 17.0 Å². The molecule has 0 unspecified atom stereocenters. The highest BCUT2D eigenvalue weighted by Gasteiger charge is 2.26. The van der Waals surface area contributed by atoms with E-state index in [9.17, 15) is 9.59 Å². The van der Waals surface area contributed by atoms with Crippen LogP contribution in [0.25, 0.3) is 11.0 Å². The quantitative estimate of drug-likeness (QED) is 0.901. The number of carboxylic acids is 1. The number of nitrogens with zero attached hydrogens (tertiary/aromatic N) is 1. The Morgan fingerprint density at radius 2 is 1.95 bits per heavy atom. The minimum absolute atomic E-state index is 0.0773. The molecule has 0 bridgehead atoms. The van der Waals surface area contributed by atoms with Crippen LogP contribution >= 0.6 is 0 Å². The van der Waals surface area contributed by atoms with Gasteiger partial charge in [-0.25, -0.2) is 4.79 Å². The molecule has 1 heterocycles. The van der Waals surface area contributed by atoms with Gasteiger partial charge in [0.25, 0.3) is 0 Å². The average Bonchev–Trinajstić information content (AvgIpc) is 2.76. The van der Waals surface area contributed by atoms with E-state index in [-0.39, 0.29) is 11.6 Å². The van der Waals surface area contributed by atoms with Gasteiger partial charge in [0, 0.05) is 6.54 Å². The molecule has 2 aromatic rings. The molecule has 0 saturated heterocycles. The van der Waals surface area contributed by atoms with Gasteiger partial charge in [-0.2, -0.15) is 0 Å². The number of aromatic amines is 1. The molecule has 5 nitrogen and oxygen atoms in total. The first kappa shape index (κ1) is 13.0. The summed E-state index contributed by atoms with van der Waals surface area (Å²) in [6.45, 7) is 0.676. The number of rotatable bonds is 3. The number of carboxylic acid groups (broad SMARTS) is 1. The molecule has 1 aromatic heterocycles. The number of nitrogens with one attached hydrogen (secondary N) is 1. The molecule has 0 amide bonds. The molecule has 0 atom stereocenters. The van der Waals surface area contributed by atoms with Crippen molar-refractivity contribution in [2.45, 2.75) is 32.2 Å². The molecule has 1 saturated carbocycles. The van der Waals surface area contributed by atoms with Crippen molar-refractivity contribution in [3.05, 3.63) is 34.7 Å². The molecule has 20 heavy (non-hydrogen) atoms. The van der Waals surface area contributed by atoms with Crippen molar-refractivity contribution in [2.75, 3.05) is 0 Å². The van der Waals surface area contributed by atoms with Gasteiger partial charge in [-0.05, 0) is 43.7 Å². The van der Waals surface area contributed by atoms with Crippen molar-refractivity contribution in [3.63, 3.8) is 0 Å². The van der Waals surface area contributed by atoms with E-state index >= 15 is 0 Å². The van der Waals surface area contributed by atoms with Crippen LogP contribution in [0.1, 0.15) is 25.7 Å². The fourth-order valence-electron chi connectivity index (χ4n) is 3.14. The number of H-pyrrole nitrogens is 1. The van der Waals surface area contributed by atoms with Crippen LogP contribution in [0, 0.1) is 11.8 Å². The van der Waals surface area contributed by atoms with Crippen LogP contribution in [0.2, 0.25) is 0 Å². The Bertz CT molecular complexity index is 678. The summed E-state index contributed by atoms with van der Waals surface area (Å²) < 4.78 is 1.78. The standard InChI is InChI=1S/C15H18N2O3/c18-14(19)11-7-5-10(6-8-11)9-17-13-4-2-1-3-12(13)16-15(17)20/h1-4,10-11H,5-9H2,(H,16,20)(H,18,19). The minimum Gasteiger partial charge on any atom is -0.481 e. The Labute approximate surface area is 116 Å². The molecule has 1 fully saturated rings. The van der Waals surface area contributed by atoms with Crippen molar-refractivity contribution in [3.8, 4) is 0 Å². The molecule has 1 aliphatic carbocycles. The lowest BCUT2D eigenvalue weighted by Crippen LogP contribution is -2.27. The fraction of sp³-hybridized carbons (Fsp3) is 0.467. The van der Waals surface area contributed by atoms with E-state index in [1.54, 1.807) is 4.57 Å². The first-order valence-corrected chi connectivity index (χ1v) is 7.05. The first-order valence-electron chi connectivity index (χ1n) is 7.05. The third-order valence-corrected chi connectivity index (χ3v) is 4.32. The van der Waals surface area contributed by atoms with Crippen molar-refractivity contribution in [2.24, 2.45) is 11.8 Å². The van der Waals surface area contributed by atoms with Gasteiger partial charge in [-0.15, -0.1) is 0 Å². The van der Waals surface area contributed by atoms with Crippen LogP contribution < -0.4 is 5.69 Å². The summed E-state index contributed by atoms with van der Waals surface area (Å²) in [5.41, 5.74) is 1.71. The highest BCUT2D eigenvalue weighted by molar-refractivity contribution is 5.74. The van der Waals surface area contributed by atoms with Crippen LogP contribution in [-0.4, -0.2) is 20.6 Å². The highest BCUT2D eigenvalue weighted by Crippen LogP contribution is 2.30. The second kappa shape index (κ2) is 5.15. The second-order valence-electron chi connectivity index (χ2n) is 5.61. The van der Waals surface area contributed by atoms with Crippen molar-refractivity contribution in [1.82, 2.24) is 9.55 Å². The second-order valence-corrected chi connectivity index (χ2v) is 5.61. The Hall–Kier alpha value is -2.04. The topological polar surface area (TPSA) is 75.1 Å². The van der Waals surface area contributed by atoms with Gasteiger partial charge in [-0.3, -0.25) is 9.36 Å². The van der Waals surface area contributed by atoms with Gasteiger partial charge in [0.2, 0.25) is 0 Å². The number of benzene rings is 1. The van der Waals surface area contributed by atoms with Crippen molar-refractivity contribution < 1.29 is 9.90 Å². The van der Waals surface area contributed by atoms with E-state index in [1.165, 1.54) is 0 Å². The molecule has 1 aromatic carbocycles. The zero-order valence-electron chi connectivity index (χ0n) is 11.2. The number of imidazole rings is 1. The summed E-state index contributed by atoms with van der Waals surface area (Å²) >= 11 is 0. The van der Waals surface area contributed by atoms with Gasteiger partial charge < -0.3 is 10.1 Å². The number of carbonyl (C=O) groups is 1. The molecule has 0 radical (unpaired) electrons. The number of hydrogen-bond donors (Lipinski definition) is 2. The lowest BCUT2D eigenvalue weighted by molar-refractivity contribution is -0.143. The lowest BCUT2D eigenvalue weighted by Gasteiger charge is -2.26. The van der Waals surface area contributed by atoms with Gasteiger partial charge in [0.05, 0.1) is 17.0 Å². The highest BCUT2D eigenvalue weighted by atomic mass is 16.4. The lowest BCUT2D eigenvalue weighted by atomic mass is 9.82. The molecule has 0 aliphatic heterocycles. The van der Waals surface area contributed by atoms with E-state index in [1.807, 2.05) is 24.3 Å². The molecule has 2 N–H and O–H groups in total. The smallest absolute Gasteiger partial charge is 0.326 e. The number of hydrogen-bond acceptors (Lipinski definition) is 2. The zero-order chi connectivity index (χ0) is 14.1. The summed E-state index contributed by atoms with van der Waals surface area (Å²) in [7, 11) is 0. The summed E-state index contributed by atoms with van der Waals surface area (Å²) in [4.78, 5) is 25.8. The Kier molecular flexibility index (Phi) is 3.34. The van der Waals surface area contributed by atoms with E-state index in [0.29, 0.717) is 12.5 Å². The van der Waals surface area contributed by atoms with Gasteiger partial charge in [0.15, 0.2) is 0 Å². The van der Waals surface area contributed by atoms with Gasteiger partial charge in [0.1, 0.15) is 0 Å². The van der Waals surface area contributed by atoms with Crippen LogP contribution in [-0.2, 0) is 11.3 Å². The number of aromatic nitrogens is 2. The van der Waals surface area contributed by atoms with E-state index in [2.05, 4.69) is 4.98 Å². The number of aliphatic carboxylic acids is 1. The molecular weight excluding hydrogens is 256 g/mol. The van der Waals surface area contributed by atoms with Gasteiger partial charge >= 0.3 is 11.7 Å². The Morgan fingerprint density at radius 3 is 2.65 bits per heavy atom. The van der Waals surface area contributed by atoms with Gasteiger partial charge in [-0.1, -0.05) is 12.1 Å². The average molecular weight is 274 g/mol. The minimum atomic E-state index is -0.687. The Balaban J connectivity index is 1.76. The SMILES string of the molecule is O=C(O)C1CCC(Cn2c(=O)[nH]c3ccccc32)CC1. The first-order chi connectivity index (χ1) is 9.65. The monoisotopic (exact) mass is 274 g/mol. The largest absolute Gasteiger partial charge is 0.481 e. The normalized spacial score (nSPS) is 23.0. The van der Waals surface area contributed by atoms with Crippen LogP contribution in [0.5, 0.6) is 0 Å². The maximum atomic E-state index is 12.0. The maximum Gasteiger partial charge on any atom is 0.326 e. The molecule has 5 heteroatoms. The predicted molar refractivity (Wildman–Crippen MR) is 75.6 cm³/mol. The molecule has 0 spiro atoms. The van der Waals surface area contributed by atoms with E-state index in [0.717, 1.165) is 36.7 Å². The summed E-state index contributed by atoms with van der Waals surface area (Å²) in [5.74, 6) is -0.499. The molecular formula is C15H18N2O3. The fourth-order valence-corrected chi connectivity index (χ4v) is 3.14. The van der Waals surface area contributed by atoms with Crippen LogP contribution in [0.3, 0.4) is 0 Å². The zero-order valence-corrected chi connectivity index (χ0v) is 11.2. The van der Waals surface area contributed by atoms with Crippen LogP contribution in [0.15, 0.2) is 29.1 Å². The third kappa shape index (κ3) is 2.35. The number of fused-ring (bicyclic) bond motifs is 1. The molecule has 1 aliphatic rings. The predicted octanol–water partition coefficient (Wildman–Crippen LogP) is 2.22. The summed E-state index contributed by atoms with van der Waals surface area (Å²) in [6, 6.07) is 7.67. The van der Waals surface area contributed by atoms with Crippen LogP contribution in [0.4, 0.5) is 0 Å². The van der Waals surface area contributed by atoms with Crippen molar-refractivity contribution in [1.29, 1.82) is 0 Å². The van der Waals surface area contributed by atoms with E-state index in [4.69, 9.17) is 5.11 Å². The third-order valence-electron chi connectivity index (χ3n) is 4.32. The molecule has 3 rings (SSSR count). The number of para-hydroxylation sites is 2. The molecule has 106 valence electrons. The maximum absolute atomic E-state index is 12.0. The van der Waals surface area contributed by atoms with E-state index < -0.39 is 5.97 Å².